The van der Waals surface area contributed by atoms with Crippen molar-refractivity contribution in [1.82, 2.24) is 0 Å². The Kier molecular flexibility index (Phi) is 4.73. The Hall–Kier alpha value is 0.0500. The van der Waals surface area contributed by atoms with Crippen molar-refractivity contribution in [3.05, 3.63) is 35.9 Å². The molecule has 0 aliphatic heterocycles. The molecule has 0 unspecified atom stereocenters. The predicted octanol–water partition coefficient (Wildman–Crippen LogP) is -3.67. The SMILES string of the molecule is O=S(=O)([O-])C(O)(O)c1ccccc1.[Na+]. The zero-order valence-electron chi connectivity index (χ0n) is 7.41. The van der Waals surface area contributed by atoms with Gasteiger partial charge in [-0.25, -0.2) is 8.42 Å². The van der Waals surface area contributed by atoms with E-state index in [2.05, 4.69) is 0 Å². The van der Waals surface area contributed by atoms with Crippen LogP contribution in [0.5, 0.6) is 0 Å². The van der Waals surface area contributed by atoms with Crippen LogP contribution < -0.4 is 29.6 Å². The van der Waals surface area contributed by atoms with Gasteiger partial charge in [0, 0.05) is 5.56 Å². The second kappa shape index (κ2) is 4.71. The zero-order chi connectivity index (χ0) is 10.1. The molecular weight excluding hydrogens is 219 g/mol. The van der Waals surface area contributed by atoms with Crippen LogP contribution in [-0.4, -0.2) is 23.2 Å². The van der Waals surface area contributed by atoms with Crippen LogP contribution in [0, 0.1) is 0 Å². The molecule has 72 valence electrons. The molecule has 0 saturated carbocycles. The summed E-state index contributed by atoms with van der Waals surface area (Å²) in [4.78, 5) is 0. The molecule has 1 rings (SSSR count). The van der Waals surface area contributed by atoms with Crippen molar-refractivity contribution in [3.8, 4) is 0 Å². The number of benzene rings is 1. The molecule has 0 fully saturated rings. The molecule has 5 nitrogen and oxygen atoms in total. The van der Waals surface area contributed by atoms with E-state index in [9.17, 15) is 13.0 Å². The molecular formula is C7H7NaO5S. The van der Waals surface area contributed by atoms with Crippen molar-refractivity contribution in [1.29, 1.82) is 0 Å². The summed E-state index contributed by atoms with van der Waals surface area (Å²) in [5.74, 6) is 0. The van der Waals surface area contributed by atoms with Crippen LogP contribution >= 0.6 is 0 Å². The first-order chi connectivity index (χ1) is 5.86. The van der Waals surface area contributed by atoms with Crippen molar-refractivity contribution in [2.75, 3.05) is 0 Å². The molecule has 0 radical (unpaired) electrons. The van der Waals surface area contributed by atoms with E-state index in [0.29, 0.717) is 0 Å². The quantitative estimate of drug-likeness (QED) is 0.307. The molecule has 1 aromatic carbocycles. The third kappa shape index (κ3) is 2.77. The zero-order valence-corrected chi connectivity index (χ0v) is 10.2. The van der Waals surface area contributed by atoms with Gasteiger partial charge in [-0.2, -0.15) is 0 Å². The Balaban J connectivity index is 0.00000169. The molecule has 2 N–H and O–H groups in total. The third-order valence-corrected chi connectivity index (χ3v) is 2.43. The average molecular weight is 226 g/mol. The van der Waals surface area contributed by atoms with Gasteiger partial charge in [0.15, 0.2) is 10.1 Å². The molecule has 1 aromatic rings. The minimum atomic E-state index is -5.19. The van der Waals surface area contributed by atoms with Gasteiger partial charge in [0.05, 0.1) is 0 Å². The average Bonchev–Trinajstić information content (AvgIpc) is 2.04. The van der Waals surface area contributed by atoms with Crippen LogP contribution in [0.3, 0.4) is 0 Å². The largest absolute Gasteiger partial charge is 1.00 e. The maximum atomic E-state index is 10.4. The van der Waals surface area contributed by atoms with Crippen molar-refractivity contribution in [3.63, 3.8) is 0 Å². The van der Waals surface area contributed by atoms with Crippen LogP contribution in [0.25, 0.3) is 0 Å². The number of hydrogen-bond donors (Lipinski definition) is 2. The van der Waals surface area contributed by atoms with Gasteiger partial charge in [-0.3, -0.25) is 0 Å². The summed E-state index contributed by atoms with van der Waals surface area (Å²) in [6.45, 7) is 0. The summed E-state index contributed by atoms with van der Waals surface area (Å²) >= 11 is 0. The van der Waals surface area contributed by atoms with Gasteiger partial charge in [0.2, 0.25) is 0 Å². The van der Waals surface area contributed by atoms with Gasteiger partial charge in [-0.05, 0) is 0 Å². The van der Waals surface area contributed by atoms with Crippen LogP contribution in [0.4, 0.5) is 0 Å². The Morgan fingerprint density at radius 3 is 1.93 bits per heavy atom. The molecule has 0 bridgehead atoms. The molecule has 0 aliphatic carbocycles. The van der Waals surface area contributed by atoms with E-state index in [-0.39, 0.29) is 35.1 Å². The van der Waals surface area contributed by atoms with E-state index in [0.717, 1.165) is 12.1 Å². The second-order valence-corrected chi connectivity index (χ2v) is 3.91. The maximum Gasteiger partial charge on any atom is 1.00 e. The van der Waals surface area contributed by atoms with Crippen LogP contribution in [0.15, 0.2) is 30.3 Å². The summed E-state index contributed by atoms with van der Waals surface area (Å²) in [5, 5.41) is 14.6. The fourth-order valence-corrected chi connectivity index (χ4v) is 1.22. The van der Waals surface area contributed by atoms with Crippen molar-refractivity contribution in [2.24, 2.45) is 0 Å². The van der Waals surface area contributed by atoms with Crippen molar-refractivity contribution < 1.29 is 52.7 Å². The summed E-state index contributed by atoms with van der Waals surface area (Å²) < 4.78 is 31.2. The number of hydrogen-bond acceptors (Lipinski definition) is 5. The molecule has 0 saturated heterocycles. The fourth-order valence-electron chi connectivity index (χ4n) is 0.800. The van der Waals surface area contributed by atoms with Crippen molar-refractivity contribution >= 4 is 10.1 Å². The minimum absolute atomic E-state index is 0. The Morgan fingerprint density at radius 2 is 1.57 bits per heavy atom. The normalized spacial score (nSPS) is 11.9. The van der Waals surface area contributed by atoms with E-state index < -0.39 is 15.2 Å². The van der Waals surface area contributed by atoms with Crippen molar-refractivity contribution in [2.45, 2.75) is 5.12 Å². The molecule has 0 amide bonds. The third-order valence-electron chi connectivity index (χ3n) is 1.50. The molecule has 0 heterocycles. The van der Waals surface area contributed by atoms with E-state index in [4.69, 9.17) is 10.2 Å². The molecule has 0 aliphatic rings. The topological polar surface area (TPSA) is 97.7 Å². The van der Waals surface area contributed by atoms with Gasteiger partial charge in [-0.15, -0.1) is 0 Å². The number of aliphatic hydroxyl groups is 2. The Bertz CT molecular complexity index is 386. The number of rotatable bonds is 2. The van der Waals surface area contributed by atoms with Gasteiger partial charge >= 0.3 is 29.6 Å². The first kappa shape index (κ1) is 14.1. The second-order valence-electron chi connectivity index (χ2n) is 2.43. The van der Waals surface area contributed by atoms with E-state index >= 15 is 0 Å². The summed E-state index contributed by atoms with van der Waals surface area (Å²) in [7, 11) is -5.19. The molecule has 7 heteroatoms. The van der Waals surface area contributed by atoms with Gasteiger partial charge < -0.3 is 14.8 Å². The van der Waals surface area contributed by atoms with Crippen LogP contribution in [0.2, 0.25) is 0 Å². The smallest absolute Gasteiger partial charge is 0.744 e. The molecule has 14 heavy (non-hydrogen) atoms. The standard InChI is InChI=1S/C7H8O5S.Na/c8-7(9,13(10,11)12)6-4-2-1-3-5-6;/h1-5,8-9H,(H,10,11,12);/q;+1/p-1. The first-order valence-electron chi connectivity index (χ1n) is 3.31. The maximum absolute atomic E-state index is 10.4. The van der Waals surface area contributed by atoms with E-state index in [1.165, 1.54) is 12.1 Å². The molecule has 0 spiro atoms. The molecule has 0 aromatic heterocycles. The summed E-state index contributed by atoms with van der Waals surface area (Å²) in [5.41, 5.74) is -0.370. The van der Waals surface area contributed by atoms with Gasteiger partial charge in [-0.1, -0.05) is 30.3 Å². The van der Waals surface area contributed by atoms with Crippen LogP contribution in [-0.2, 0) is 15.2 Å². The summed E-state index contributed by atoms with van der Waals surface area (Å²) in [6.07, 6.45) is 0. The van der Waals surface area contributed by atoms with Gasteiger partial charge in [0.1, 0.15) is 0 Å². The van der Waals surface area contributed by atoms with E-state index in [1.807, 2.05) is 0 Å². The minimum Gasteiger partial charge on any atom is -0.744 e. The van der Waals surface area contributed by atoms with E-state index in [1.54, 1.807) is 6.07 Å². The molecule has 0 atom stereocenters. The van der Waals surface area contributed by atoms with Crippen LogP contribution in [0.1, 0.15) is 5.56 Å². The van der Waals surface area contributed by atoms with Gasteiger partial charge in [0.25, 0.3) is 5.12 Å². The predicted molar refractivity (Wildman–Crippen MR) is 42.3 cm³/mol. The first-order valence-corrected chi connectivity index (χ1v) is 4.72. The Morgan fingerprint density at radius 1 is 1.14 bits per heavy atom. The monoisotopic (exact) mass is 226 g/mol. The summed E-state index contributed by atoms with van der Waals surface area (Å²) in [6, 6.07) is 6.60. The fraction of sp³-hybridized carbons (Fsp3) is 0.143. The Labute approximate surface area is 103 Å².